The first-order chi connectivity index (χ1) is 8.47. The first-order valence-corrected chi connectivity index (χ1v) is 6.52. The number of hydrogen-bond acceptors (Lipinski definition) is 4. The van der Waals surface area contributed by atoms with Crippen LogP contribution in [0.5, 0.6) is 0 Å². The Hall–Kier alpha value is -1.46. The lowest BCUT2D eigenvalue weighted by atomic mass is 10.1. The lowest BCUT2D eigenvalue weighted by molar-refractivity contribution is 0.0992. The van der Waals surface area contributed by atoms with Crippen LogP contribution in [0.3, 0.4) is 0 Å². The SMILES string of the molecule is Cc1cc(C)cc(N(C)C(=O)c2nnc(Cl)s2)c1. The van der Waals surface area contributed by atoms with E-state index in [1.807, 2.05) is 26.0 Å². The summed E-state index contributed by atoms with van der Waals surface area (Å²) in [7, 11) is 1.71. The zero-order valence-electron chi connectivity index (χ0n) is 10.3. The minimum atomic E-state index is -0.204. The van der Waals surface area contributed by atoms with Crippen LogP contribution in [0.15, 0.2) is 18.2 Å². The largest absolute Gasteiger partial charge is 0.309 e. The number of aryl methyl sites for hydroxylation is 2. The van der Waals surface area contributed by atoms with E-state index < -0.39 is 0 Å². The number of rotatable bonds is 2. The predicted molar refractivity (Wildman–Crippen MR) is 73.6 cm³/mol. The van der Waals surface area contributed by atoms with Gasteiger partial charge < -0.3 is 4.90 Å². The molecule has 1 aromatic carbocycles. The molecule has 0 unspecified atom stereocenters. The minimum Gasteiger partial charge on any atom is -0.309 e. The van der Waals surface area contributed by atoms with Crippen molar-refractivity contribution in [3.05, 3.63) is 38.8 Å². The van der Waals surface area contributed by atoms with Gasteiger partial charge in [-0.25, -0.2) is 0 Å². The zero-order valence-corrected chi connectivity index (χ0v) is 11.8. The van der Waals surface area contributed by atoms with Crippen LogP contribution in [0.1, 0.15) is 20.9 Å². The zero-order chi connectivity index (χ0) is 13.3. The van der Waals surface area contributed by atoms with Crippen molar-refractivity contribution in [1.82, 2.24) is 10.2 Å². The fourth-order valence-electron chi connectivity index (χ4n) is 1.70. The van der Waals surface area contributed by atoms with Crippen LogP contribution in [0.4, 0.5) is 5.69 Å². The number of carbonyl (C=O) groups is 1. The summed E-state index contributed by atoms with van der Waals surface area (Å²) in [6.07, 6.45) is 0. The Morgan fingerprint density at radius 2 is 1.83 bits per heavy atom. The van der Waals surface area contributed by atoms with Crippen molar-refractivity contribution < 1.29 is 4.79 Å². The van der Waals surface area contributed by atoms with Gasteiger partial charge in [-0.2, -0.15) is 0 Å². The van der Waals surface area contributed by atoms with Crippen molar-refractivity contribution in [2.45, 2.75) is 13.8 Å². The molecule has 0 saturated carbocycles. The van der Waals surface area contributed by atoms with Crippen LogP contribution < -0.4 is 4.90 Å². The summed E-state index contributed by atoms with van der Waals surface area (Å²) in [5, 5.41) is 7.68. The predicted octanol–water partition coefficient (Wildman–Crippen LogP) is 3.08. The molecule has 0 atom stereocenters. The van der Waals surface area contributed by atoms with Gasteiger partial charge in [0.2, 0.25) is 9.47 Å². The summed E-state index contributed by atoms with van der Waals surface area (Å²) in [5.74, 6) is -0.204. The molecule has 18 heavy (non-hydrogen) atoms. The van der Waals surface area contributed by atoms with E-state index in [9.17, 15) is 4.79 Å². The molecule has 0 aliphatic rings. The molecule has 1 heterocycles. The summed E-state index contributed by atoms with van der Waals surface area (Å²) >= 11 is 6.76. The van der Waals surface area contributed by atoms with E-state index in [-0.39, 0.29) is 10.4 Å². The quantitative estimate of drug-likeness (QED) is 0.850. The Balaban J connectivity index is 2.30. The molecule has 0 bridgehead atoms. The number of hydrogen-bond donors (Lipinski definition) is 0. The Labute approximate surface area is 114 Å². The molecule has 94 valence electrons. The molecule has 1 amide bonds. The average Bonchev–Trinajstić information content (AvgIpc) is 2.72. The van der Waals surface area contributed by atoms with Gasteiger partial charge in [0.1, 0.15) is 0 Å². The number of anilines is 1. The molecule has 0 N–H and O–H groups in total. The normalized spacial score (nSPS) is 10.4. The first-order valence-electron chi connectivity index (χ1n) is 5.33. The molecular weight excluding hydrogens is 270 g/mol. The fourth-order valence-corrected chi connectivity index (χ4v) is 2.50. The van der Waals surface area contributed by atoms with Crippen molar-refractivity contribution >= 4 is 34.5 Å². The van der Waals surface area contributed by atoms with Gasteiger partial charge in [0.25, 0.3) is 5.91 Å². The summed E-state index contributed by atoms with van der Waals surface area (Å²) in [4.78, 5) is 13.7. The molecule has 4 nitrogen and oxygen atoms in total. The van der Waals surface area contributed by atoms with Crippen molar-refractivity contribution in [3.63, 3.8) is 0 Å². The number of benzene rings is 1. The highest BCUT2D eigenvalue weighted by atomic mass is 35.5. The highest BCUT2D eigenvalue weighted by molar-refractivity contribution is 7.17. The summed E-state index contributed by atoms with van der Waals surface area (Å²) in [5.41, 5.74) is 3.06. The van der Waals surface area contributed by atoms with E-state index in [1.54, 1.807) is 11.9 Å². The van der Waals surface area contributed by atoms with E-state index in [0.29, 0.717) is 5.01 Å². The number of nitrogens with zero attached hydrogens (tertiary/aromatic N) is 3. The van der Waals surface area contributed by atoms with Gasteiger partial charge in [0, 0.05) is 12.7 Å². The van der Waals surface area contributed by atoms with E-state index >= 15 is 0 Å². The van der Waals surface area contributed by atoms with Crippen molar-refractivity contribution in [2.75, 3.05) is 11.9 Å². The second-order valence-corrected chi connectivity index (χ2v) is 5.63. The average molecular weight is 282 g/mol. The third-order valence-corrected chi connectivity index (χ3v) is 3.49. The number of aromatic nitrogens is 2. The van der Waals surface area contributed by atoms with Crippen molar-refractivity contribution in [3.8, 4) is 0 Å². The van der Waals surface area contributed by atoms with Gasteiger partial charge >= 0.3 is 0 Å². The summed E-state index contributed by atoms with van der Waals surface area (Å²) in [6.45, 7) is 3.99. The number of amides is 1. The molecule has 0 aliphatic carbocycles. The van der Waals surface area contributed by atoms with Crippen LogP contribution in [0, 0.1) is 13.8 Å². The second kappa shape index (κ2) is 5.04. The van der Waals surface area contributed by atoms with Crippen LogP contribution in [0.2, 0.25) is 4.47 Å². The van der Waals surface area contributed by atoms with Gasteiger partial charge in [-0.15, -0.1) is 10.2 Å². The van der Waals surface area contributed by atoms with Gasteiger partial charge in [0.05, 0.1) is 0 Å². The molecule has 0 radical (unpaired) electrons. The Morgan fingerprint density at radius 3 is 2.33 bits per heavy atom. The highest BCUT2D eigenvalue weighted by Gasteiger charge is 2.18. The van der Waals surface area contributed by atoms with Crippen molar-refractivity contribution in [1.29, 1.82) is 0 Å². The molecule has 0 fully saturated rings. The monoisotopic (exact) mass is 281 g/mol. The third-order valence-electron chi connectivity index (χ3n) is 2.48. The van der Waals surface area contributed by atoms with Gasteiger partial charge in [0.15, 0.2) is 0 Å². The minimum absolute atomic E-state index is 0.204. The van der Waals surface area contributed by atoms with E-state index in [1.165, 1.54) is 0 Å². The fraction of sp³-hybridized carbons (Fsp3) is 0.250. The van der Waals surface area contributed by atoms with Gasteiger partial charge in [-0.3, -0.25) is 4.79 Å². The lowest BCUT2D eigenvalue weighted by Crippen LogP contribution is -2.26. The van der Waals surface area contributed by atoms with Crippen LogP contribution >= 0.6 is 22.9 Å². The molecule has 2 rings (SSSR count). The number of carbonyl (C=O) groups excluding carboxylic acids is 1. The molecule has 0 spiro atoms. The van der Waals surface area contributed by atoms with Crippen molar-refractivity contribution in [2.24, 2.45) is 0 Å². The Bertz CT molecular complexity index is 577. The Kier molecular flexibility index (Phi) is 3.63. The topological polar surface area (TPSA) is 46.1 Å². The maximum absolute atomic E-state index is 12.2. The van der Waals surface area contributed by atoms with Gasteiger partial charge in [-0.1, -0.05) is 17.4 Å². The third kappa shape index (κ3) is 2.68. The Morgan fingerprint density at radius 1 is 1.22 bits per heavy atom. The molecule has 6 heteroatoms. The van der Waals surface area contributed by atoms with Crippen LogP contribution in [-0.4, -0.2) is 23.2 Å². The molecular formula is C12H12ClN3OS. The molecule has 0 saturated heterocycles. The molecule has 1 aromatic heterocycles. The van der Waals surface area contributed by atoms with Gasteiger partial charge in [-0.05, 0) is 48.7 Å². The van der Waals surface area contributed by atoms with E-state index in [0.717, 1.165) is 28.2 Å². The maximum atomic E-state index is 12.2. The van der Waals surface area contributed by atoms with Crippen LogP contribution in [0.25, 0.3) is 0 Å². The summed E-state index contributed by atoms with van der Waals surface area (Å²) in [6, 6.07) is 5.96. The second-order valence-electron chi connectivity index (χ2n) is 4.07. The smallest absolute Gasteiger partial charge is 0.289 e. The first kappa shape index (κ1) is 13.0. The molecule has 2 aromatic rings. The van der Waals surface area contributed by atoms with E-state index in [4.69, 9.17) is 11.6 Å². The summed E-state index contributed by atoms with van der Waals surface area (Å²) < 4.78 is 0.271. The highest BCUT2D eigenvalue weighted by Crippen LogP contribution is 2.22. The van der Waals surface area contributed by atoms with E-state index in [2.05, 4.69) is 16.3 Å². The number of halogens is 1. The standard InChI is InChI=1S/C12H12ClN3OS/c1-7-4-8(2)6-9(5-7)16(3)11(17)10-14-15-12(13)18-10/h4-6H,1-3H3. The maximum Gasteiger partial charge on any atom is 0.289 e. The molecule has 0 aliphatic heterocycles. The lowest BCUT2D eigenvalue weighted by Gasteiger charge is -2.16. The van der Waals surface area contributed by atoms with Crippen LogP contribution in [-0.2, 0) is 0 Å².